The Hall–Kier alpha value is -2.94. The number of Topliss-reactive ketones (excluding diaryl/α,β-unsaturated/α-hetero) is 1. The van der Waals surface area contributed by atoms with Crippen LogP contribution in [-0.2, 0) is 42.8 Å². The zero-order chi connectivity index (χ0) is 31.4. The van der Waals surface area contributed by atoms with Gasteiger partial charge in [-0.2, -0.15) is 0 Å². The number of carbonyl (C=O) groups is 4. The lowest BCUT2D eigenvalue weighted by Crippen LogP contribution is -2.58. The highest BCUT2D eigenvalue weighted by Gasteiger charge is 2.44. The van der Waals surface area contributed by atoms with Crippen molar-refractivity contribution in [2.45, 2.75) is 77.7 Å². The van der Waals surface area contributed by atoms with Gasteiger partial charge in [0.2, 0.25) is 0 Å². The molecule has 236 valence electrons. The minimum absolute atomic E-state index is 0.0253. The quantitative estimate of drug-likeness (QED) is 0.142. The molecule has 2 aliphatic heterocycles. The highest BCUT2D eigenvalue weighted by Crippen LogP contribution is 2.31. The fourth-order valence-electron chi connectivity index (χ4n) is 4.86. The fraction of sp³-hybridized carbons (Fsp3) is 0.655. The molecule has 4 unspecified atom stereocenters. The number of aliphatic hydroxyl groups excluding tert-OH is 2. The third-order valence-corrected chi connectivity index (χ3v) is 7.53. The van der Waals surface area contributed by atoms with E-state index in [1.807, 2.05) is 18.2 Å². The lowest BCUT2D eigenvalue weighted by atomic mass is 9.82. The van der Waals surface area contributed by atoms with Crippen molar-refractivity contribution in [1.82, 2.24) is 5.32 Å². The number of methoxy groups -OCH3 is 1. The maximum absolute atomic E-state index is 12.3. The number of hydrogen-bond donors (Lipinski definition) is 3. The zero-order valence-electron chi connectivity index (χ0n) is 24.8. The molecule has 3 N–H and O–H groups in total. The summed E-state index contributed by atoms with van der Waals surface area (Å²) in [6, 6.07) is 9.06. The summed E-state index contributed by atoms with van der Waals surface area (Å²) in [7, 11) is 1.57. The number of rotatable bonds is 11. The van der Waals surface area contributed by atoms with Crippen molar-refractivity contribution in [3.05, 3.63) is 35.9 Å². The minimum Gasteiger partial charge on any atom is -0.465 e. The van der Waals surface area contributed by atoms with Crippen LogP contribution in [0, 0.1) is 17.8 Å². The number of nitrogens with one attached hydrogen (secondary N) is 1. The Morgan fingerprint density at radius 1 is 0.929 bits per heavy atom. The van der Waals surface area contributed by atoms with Crippen LogP contribution in [0.25, 0.3) is 0 Å². The first-order chi connectivity index (χ1) is 19.9. The van der Waals surface area contributed by atoms with E-state index in [1.54, 1.807) is 26.2 Å². The highest BCUT2D eigenvalue weighted by atomic mass is 16.7. The number of benzene rings is 1. The van der Waals surface area contributed by atoms with Gasteiger partial charge in [-0.1, -0.05) is 51.1 Å². The van der Waals surface area contributed by atoms with Crippen molar-refractivity contribution in [3.8, 4) is 0 Å². The Morgan fingerprint density at radius 3 is 2.17 bits per heavy atom. The van der Waals surface area contributed by atoms with Crippen LogP contribution in [-0.4, -0.2) is 104 Å². The van der Waals surface area contributed by atoms with E-state index in [2.05, 4.69) is 23.9 Å². The third kappa shape index (κ3) is 10.1. The molecule has 2 aliphatic rings. The van der Waals surface area contributed by atoms with Crippen LogP contribution < -0.4 is 5.32 Å². The van der Waals surface area contributed by atoms with Gasteiger partial charge in [-0.05, 0) is 11.8 Å². The SMILES string of the molecule is CC(=O)O[C@@H]1C(O)O[C@@H](COC=O)[C@@H](O)C1C.COC1OC(COC(C)=O)[C@@H](C)[C@H](C)[C@@H]1NCC(=O)c1ccccc1. The van der Waals surface area contributed by atoms with Gasteiger partial charge in [0, 0.05) is 32.4 Å². The van der Waals surface area contributed by atoms with E-state index in [0.29, 0.717) is 5.56 Å². The molecular weight excluding hydrogens is 554 g/mol. The molecule has 2 fully saturated rings. The van der Waals surface area contributed by atoms with Gasteiger partial charge < -0.3 is 44.0 Å². The summed E-state index contributed by atoms with van der Waals surface area (Å²) in [4.78, 5) is 44.2. The van der Waals surface area contributed by atoms with Gasteiger partial charge >= 0.3 is 11.9 Å². The molecule has 0 radical (unpaired) electrons. The normalized spacial score (nSPS) is 32.5. The number of hydrogen-bond acceptors (Lipinski definition) is 13. The van der Waals surface area contributed by atoms with Crippen molar-refractivity contribution in [1.29, 1.82) is 0 Å². The molecule has 0 spiro atoms. The van der Waals surface area contributed by atoms with Crippen LogP contribution in [0.1, 0.15) is 45.0 Å². The molecule has 2 heterocycles. The van der Waals surface area contributed by atoms with E-state index in [1.165, 1.54) is 13.8 Å². The average Bonchev–Trinajstić information content (AvgIpc) is 2.97. The lowest BCUT2D eigenvalue weighted by Gasteiger charge is -2.44. The molecule has 0 amide bonds. The number of esters is 2. The van der Waals surface area contributed by atoms with Crippen LogP contribution in [0.15, 0.2) is 30.3 Å². The van der Waals surface area contributed by atoms with E-state index >= 15 is 0 Å². The van der Waals surface area contributed by atoms with E-state index in [0.717, 1.165) is 0 Å². The summed E-state index contributed by atoms with van der Waals surface area (Å²) in [5, 5.41) is 22.7. The molecule has 0 aliphatic carbocycles. The Balaban J connectivity index is 0.000000317. The summed E-state index contributed by atoms with van der Waals surface area (Å²) in [5.41, 5.74) is 0.675. The Morgan fingerprint density at radius 2 is 1.60 bits per heavy atom. The first-order valence-corrected chi connectivity index (χ1v) is 13.8. The second-order valence-corrected chi connectivity index (χ2v) is 10.4. The molecule has 13 nitrogen and oxygen atoms in total. The summed E-state index contributed by atoms with van der Waals surface area (Å²) in [6.07, 6.45) is -4.85. The highest BCUT2D eigenvalue weighted by molar-refractivity contribution is 5.97. The summed E-state index contributed by atoms with van der Waals surface area (Å²) in [6.45, 7) is 8.81. The topological polar surface area (TPSA) is 176 Å². The van der Waals surface area contributed by atoms with Crippen LogP contribution in [0.3, 0.4) is 0 Å². The van der Waals surface area contributed by atoms with Crippen LogP contribution in [0.2, 0.25) is 0 Å². The van der Waals surface area contributed by atoms with Crippen molar-refractivity contribution < 1.29 is 57.8 Å². The molecule has 0 bridgehead atoms. The molecule has 42 heavy (non-hydrogen) atoms. The van der Waals surface area contributed by atoms with Gasteiger partial charge in [0.15, 0.2) is 24.5 Å². The van der Waals surface area contributed by atoms with Crippen LogP contribution >= 0.6 is 0 Å². The minimum atomic E-state index is -1.35. The zero-order valence-corrected chi connectivity index (χ0v) is 24.8. The number of aliphatic hydroxyl groups is 2. The first kappa shape index (κ1) is 35.3. The second-order valence-electron chi connectivity index (χ2n) is 10.4. The molecule has 1 aromatic carbocycles. The molecule has 0 saturated carbocycles. The first-order valence-electron chi connectivity index (χ1n) is 13.8. The summed E-state index contributed by atoms with van der Waals surface area (Å²) in [5.74, 6) is -1.07. The van der Waals surface area contributed by atoms with E-state index < -0.39 is 42.8 Å². The molecule has 10 atom stereocenters. The number of ketones is 1. The smallest absolute Gasteiger partial charge is 0.303 e. The molecule has 2 saturated heterocycles. The Labute approximate surface area is 245 Å². The van der Waals surface area contributed by atoms with Crippen molar-refractivity contribution in [2.75, 3.05) is 26.9 Å². The predicted molar refractivity (Wildman–Crippen MR) is 147 cm³/mol. The van der Waals surface area contributed by atoms with Gasteiger partial charge in [0.25, 0.3) is 6.47 Å². The summed E-state index contributed by atoms with van der Waals surface area (Å²) >= 11 is 0. The van der Waals surface area contributed by atoms with Crippen molar-refractivity contribution in [2.24, 2.45) is 17.8 Å². The maximum atomic E-state index is 12.3. The average molecular weight is 598 g/mol. The van der Waals surface area contributed by atoms with Gasteiger partial charge in [-0.3, -0.25) is 19.2 Å². The monoisotopic (exact) mass is 597 g/mol. The maximum Gasteiger partial charge on any atom is 0.303 e. The Bertz CT molecular complexity index is 1010. The third-order valence-electron chi connectivity index (χ3n) is 7.53. The van der Waals surface area contributed by atoms with Gasteiger partial charge in [0.1, 0.15) is 19.3 Å². The number of ether oxygens (including phenoxy) is 6. The van der Waals surface area contributed by atoms with Gasteiger partial charge in [-0.15, -0.1) is 0 Å². The van der Waals surface area contributed by atoms with Gasteiger partial charge in [0.05, 0.1) is 24.8 Å². The van der Waals surface area contributed by atoms with E-state index in [-0.39, 0.29) is 62.0 Å². The van der Waals surface area contributed by atoms with Gasteiger partial charge in [-0.25, -0.2) is 0 Å². The largest absolute Gasteiger partial charge is 0.465 e. The van der Waals surface area contributed by atoms with E-state index in [4.69, 9.17) is 23.7 Å². The van der Waals surface area contributed by atoms with Crippen LogP contribution in [0.5, 0.6) is 0 Å². The fourth-order valence-corrected chi connectivity index (χ4v) is 4.86. The van der Waals surface area contributed by atoms with Crippen LogP contribution in [0.4, 0.5) is 0 Å². The number of carbonyl (C=O) groups excluding carboxylic acids is 4. The molecule has 13 heteroatoms. The molecular formula is C29H43NO12. The molecule has 0 aromatic heterocycles. The van der Waals surface area contributed by atoms with Crippen molar-refractivity contribution >= 4 is 24.2 Å². The summed E-state index contributed by atoms with van der Waals surface area (Å²) < 4.78 is 30.9. The second kappa shape index (κ2) is 17.2. The molecule has 3 rings (SSSR count). The predicted octanol–water partition coefficient (Wildman–Crippen LogP) is 0.839. The standard InChI is InChI=1S/C19H27NO5.C10H16O7/c1-12-13(2)18(19(23-4)25-17(12)11-24-14(3)21)20-10-16(22)15-8-6-5-7-9-15;1-5-8(13)7(3-15-4-11)17-10(14)9(5)16-6(2)12/h5-9,12-13,17-20H,10-11H2,1-4H3;4-5,7-10,13-14H,3H2,1-2H3/t12-,13-,17?,18-,19?;5?,7-,8-,9-,10?/m00/s1. The lowest BCUT2D eigenvalue weighted by molar-refractivity contribution is -0.276. The Kier molecular flexibility index (Phi) is 14.5. The molecule has 1 aromatic rings. The van der Waals surface area contributed by atoms with E-state index in [9.17, 15) is 29.4 Å². The van der Waals surface area contributed by atoms with Crippen molar-refractivity contribution in [3.63, 3.8) is 0 Å².